The van der Waals surface area contributed by atoms with Gasteiger partial charge in [-0.05, 0) is 43.4 Å². The van der Waals surface area contributed by atoms with Gasteiger partial charge in [-0.3, -0.25) is 4.98 Å². The second kappa shape index (κ2) is 10.2. The number of halogens is 4. The van der Waals surface area contributed by atoms with E-state index < -0.39 is 35.8 Å². The molecule has 12 heteroatoms. The van der Waals surface area contributed by atoms with Gasteiger partial charge in [-0.1, -0.05) is 43.7 Å². The van der Waals surface area contributed by atoms with E-state index in [2.05, 4.69) is 30.9 Å². The summed E-state index contributed by atoms with van der Waals surface area (Å²) < 4.78 is 69.5. The van der Waals surface area contributed by atoms with Crippen molar-refractivity contribution in [2.45, 2.75) is 58.5 Å². The molecule has 3 heterocycles. The third kappa shape index (κ3) is 5.28. The van der Waals surface area contributed by atoms with E-state index in [9.17, 15) is 19.8 Å². The van der Waals surface area contributed by atoms with Gasteiger partial charge in [0, 0.05) is 37.8 Å². The van der Waals surface area contributed by atoms with Gasteiger partial charge in [-0.2, -0.15) is 9.65 Å². The van der Waals surface area contributed by atoms with Gasteiger partial charge in [0.1, 0.15) is 17.3 Å². The first-order valence-electron chi connectivity index (χ1n) is 14.0. The first-order valence-corrected chi connectivity index (χ1v) is 12.8. The van der Waals surface area contributed by atoms with Crippen molar-refractivity contribution in [3.05, 3.63) is 70.1 Å². The Morgan fingerprint density at radius 1 is 1.30 bits per heavy atom. The van der Waals surface area contributed by atoms with E-state index in [1.165, 1.54) is 37.5 Å². The summed E-state index contributed by atoms with van der Waals surface area (Å²) >= 11 is 6.63. The van der Waals surface area contributed by atoms with Gasteiger partial charge < -0.3 is 10.6 Å². The molecule has 1 aliphatic rings. The number of rotatable bonds is 8. The summed E-state index contributed by atoms with van der Waals surface area (Å²) in [5.41, 5.74) is -1.41. The van der Waals surface area contributed by atoms with Crippen LogP contribution >= 0.6 is 11.6 Å². The fraction of sp³-hybridized carbons (Fsp3) is 0.393. The lowest BCUT2D eigenvalue weighted by molar-refractivity contribution is 0.0593. The zero-order valence-electron chi connectivity index (χ0n) is 25.2. The van der Waals surface area contributed by atoms with Crippen molar-refractivity contribution in [2.24, 2.45) is 5.41 Å². The molecular weight excluding hydrogens is 541 g/mol. The average Bonchev–Trinajstić information content (AvgIpc) is 3.57. The molecule has 1 unspecified atom stereocenters. The summed E-state index contributed by atoms with van der Waals surface area (Å²) in [6.45, 7) is 4.64. The maximum atomic E-state index is 14.0. The van der Waals surface area contributed by atoms with Gasteiger partial charge in [0.2, 0.25) is 5.95 Å². The number of hydrogen-bond donors (Lipinski definition) is 2. The number of anilines is 2. The fourth-order valence-corrected chi connectivity index (χ4v) is 4.55. The molecule has 3 aromatic heterocycles. The molecule has 0 spiro atoms. The number of aryl methyl sites for hydroxylation is 1. The second-order valence-corrected chi connectivity index (χ2v) is 11.1. The Kier molecular flexibility index (Phi) is 6.13. The maximum Gasteiger partial charge on any atom is 0.263 e. The first-order chi connectivity index (χ1) is 20.0. The van der Waals surface area contributed by atoms with E-state index in [-0.39, 0.29) is 62.7 Å². The normalized spacial score (nSPS) is 17.4. The summed E-state index contributed by atoms with van der Waals surface area (Å²) in [7, 11) is 0. The summed E-state index contributed by atoms with van der Waals surface area (Å²) in [6.07, 6.45) is 0.278. The lowest BCUT2D eigenvalue weighted by Crippen LogP contribution is -2.26. The van der Waals surface area contributed by atoms with Gasteiger partial charge in [-0.25, -0.2) is 18.4 Å². The SMILES string of the molecule is [2H]C(Nc1cc(Cl)c2ncc(C#N)c(NC([2H])([2H])C(C)(C)C)c2c1)(c1cn(C2(C(F)F)CC2)nn1)c1ccc(F)nc1C. The van der Waals surface area contributed by atoms with Crippen LogP contribution in [-0.4, -0.2) is 37.9 Å². The van der Waals surface area contributed by atoms with Crippen LogP contribution in [0.2, 0.25) is 5.02 Å². The minimum absolute atomic E-state index is 0.0570. The van der Waals surface area contributed by atoms with Crippen molar-refractivity contribution in [1.82, 2.24) is 25.0 Å². The van der Waals surface area contributed by atoms with E-state index in [1.807, 2.05) is 6.07 Å². The summed E-state index contributed by atoms with van der Waals surface area (Å²) in [5, 5.41) is 24.1. The molecule has 8 nitrogen and oxygen atoms in total. The average molecular weight is 572 g/mol. The molecule has 1 aromatic carbocycles. The predicted octanol–water partition coefficient (Wildman–Crippen LogP) is 6.61. The van der Waals surface area contributed by atoms with Crippen molar-refractivity contribution in [3.63, 3.8) is 0 Å². The highest BCUT2D eigenvalue weighted by Gasteiger charge is 2.54. The third-order valence-corrected chi connectivity index (χ3v) is 6.86. The van der Waals surface area contributed by atoms with Crippen LogP contribution in [0, 0.1) is 29.6 Å². The minimum Gasteiger partial charge on any atom is -0.383 e. The molecule has 1 saturated carbocycles. The molecular formula is C28H28ClF3N8. The number of nitrogens with zero attached hydrogens (tertiary/aromatic N) is 6. The Morgan fingerprint density at radius 3 is 2.67 bits per heavy atom. The highest BCUT2D eigenvalue weighted by molar-refractivity contribution is 6.35. The van der Waals surface area contributed by atoms with Gasteiger partial charge in [-0.15, -0.1) is 5.10 Å². The molecule has 0 aliphatic heterocycles. The molecule has 0 radical (unpaired) electrons. The van der Waals surface area contributed by atoms with E-state index in [1.54, 1.807) is 20.8 Å². The Bertz CT molecular complexity index is 1760. The predicted molar refractivity (Wildman–Crippen MR) is 147 cm³/mol. The van der Waals surface area contributed by atoms with Crippen molar-refractivity contribution in [1.29, 1.82) is 5.26 Å². The van der Waals surface area contributed by atoms with Gasteiger partial charge in [0.05, 0.1) is 35.4 Å². The number of hydrogen-bond acceptors (Lipinski definition) is 7. The van der Waals surface area contributed by atoms with Crippen LogP contribution in [-0.2, 0) is 5.54 Å². The van der Waals surface area contributed by atoms with Crippen LogP contribution in [0.1, 0.15) is 66.3 Å². The third-order valence-electron chi connectivity index (χ3n) is 6.57. The zero-order valence-corrected chi connectivity index (χ0v) is 22.9. The summed E-state index contributed by atoms with van der Waals surface area (Å²) in [5.74, 6) is -0.769. The molecule has 5 rings (SSSR count). The summed E-state index contributed by atoms with van der Waals surface area (Å²) in [6, 6.07) is 5.45. The molecule has 40 heavy (non-hydrogen) atoms. The molecule has 0 saturated heterocycles. The lowest BCUT2D eigenvalue weighted by Gasteiger charge is -2.23. The molecule has 208 valence electrons. The number of alkyl halides is 2. The van der Waals surface area contributed by atoms with E-state index in [0.717, 1.165) is 10.7 Å². The number of nitrogens with one attached hydrogen (secondary N) is 2. The van der Waals surface area contributed by atoms with Crippen LogP contribution in [0.15, 0.2) is 36.7 Å². The molecule has 1 aliphatic carbocycles. The van der Waals surface area contributed by atoms with Gasteiger partial charge in [0.15, 0.2) is 0 Å². The van der Waals surface area contributed by atoms with E-state index >= 15 is 0 Å². The van der Waals surface area contributed by atoms with Crippen molar-refractivity contribution in [2.75, 3.05) is 17.1 Å². The summed E-state index contributed by atoms with van der Waals surface area (Å²) in [4.78, 5) is 8.14. The Balaban J connectivity index is 1.68. The zero-order chi connectivity index (χ0) is 31.5. The highest BCUT2D eigenvalue weighted by Crippen LogP contribution is 2.48. The smallest absolute Gasteiger partial charge is 0.263 e. The van der Waals surface area contributed by atoms with Crippen LogP contribution < -0.4 is 10.6 Å². The standard InChI is InChI=1S/C28H28ClF3N8/c1-15-18(5-6-22(30)36-15)25(21-13-40(39-38-21)28(7-8-28)26(31)32)37-17-9-19-23(35-14-27(2,3)4)16(11-33)12-34-24(19)20(29)10-17/h5-6,9-10,12-13,25-26,37H,7-8,14H2,1-4H3,(H,34,35)/i14D2,25D. The van der Waals surface area contributed by atoms with Crippen LogP contribution in [0.25, 0.3) is 10.9 Å². The highest BCUT2D eigenvalue weighted by atomic mass is 35.5. The quantitative estimate of drug-likeness (QED) is 0.229. The minimum atomic E-state index is -2.69. The Morgan fingerprint density at radius 2 is 2.05 bits per heavy atom. The molecule has 0 bridgehead atoms. The van der Waals surface area contributed by atoms with E-state index in [0.29, 0.717) is 0 Å². The van der Waals surface area contributed by atoms with Crippen LogP contribution in [0.5, 0.6) is 0 Å². The number of fused-ring (bicyclic) bond motifs is 1. The number of aromatic nitrogens is 5. The van der Waals surface area contributed by atoms with Gasteiger partial charge >= 0.3 is 0 Å². The van der Waals surface area contributed by atoms with E-state index in [4.69, 9.17) is 14.3 Å². The number of benzene rings is 1. The van der Waals surface area contributed by atoms with Crippen molar-refractivity contribution < 1.29 is 17.3 Å². The van der Waals surface area contributed by atoms with Gasteiger partial charge in [0.25, 0.3) is 6.43 Å². The van der Waals surface area contributed by atoms with Crippen LogP contribution in [0.4, 0.5) is 24.5 Å². The van der Waals surface area contributed by atoms with Crippen molar-refractivity contribution >= 4 is 33.9 Å². The topological polar surface area (TPSA) is 104 Å². The molecule has 4 aromatic rings. The Hall–Kier alpha value is -3.91. The number of nitriles is 1. The largest absolute Gasteiger partial charge is 0.383 e. The Labute approximate surface area is 238 Å². The first kappa shape index (κ1) is 23.9. The van der Waals surface area contributed by atoms with Crippen LogP contribution in [0.3, 0.4) is 0 Å². The number of pyridine rings is 2. The second-order valence-electron chi connectivity index (χ2n) is 10.7. The maximum absolute atomic E-state index is 14.0. The fourth-order valence-electron chi connectivity index (χ4n) is 4.28. The molecule has 1 fully saturated rings. The lowest BCUT2D eigenvalue weighted by atomic mass is 9.96. The molecule has 1 atom stereocenters. The van der Waals surface area contributed by atoms with Crippen molar-refractivity contribution in [3.8, 4) is 6.07 Å². The molecule has 0 amide bonds. The molecule has 2 N–H and O–H groups in total. The monoisotopic (exact) mass is 571 g/mol.